The van der Waals surface area contributed by atoms with E-state index < -0.39 is 196 Å². The molecule has 27 nitrogen and oxygen atoms in total. The van der Waals surface area contributed by atoms with E-state index in [-0.39, 0.29) is 47.2 Å². The maximum Gasteiger partial charge on any atom is 0.315 e. The zero-order chi connectivity index (χ0) is 62.7. The molecule has 5 aliphatic carbocycles. The highest BCUT2D eigenvalue weighted by molar-refractivity contribution is 5.79. The summed E-state index contributed by atoms with van der Waals surface area (Å²) in [6.45, 7) is 12.1. The maximum atomic E-state index is 15.1. The van der Waals surface area contributed by atoms with Crippen LogP contribution in [0.25, 0.3) is 0 Å². The molecule has 494 valence electrons. The number of aliphatic hydroxyl groups is 16. The van der Waals surface area contributed by atoms with Crippen LogP contribution in [0, 0.1) is 50.2 Å². The van der Waals surface area contributed by atoms with E-state index in [9.17, 15) is 81.7 Å². The first-order chi connectivity index (χ1) is 40.4. The number of allylic oxidation sites excluding steroid dienone is 2. The van der Waals surface area contributed by atoms with Gasteiger partial charge >= 0.3 is 5.97 Å². The molecule has 5 heterocycles. The number of esters is 1. The molecule has 0 aromatic carbocycles. The van der Waals surface area contributed by atoms with Gasteiger partial charge in [-0.2, -0.15) is 0 Å². The standard InChI is InChI=1S/C59H96O27/c1-24-34(64)46(84-49-43(73)40(70)37(67)29(20-61)81-49)45(75)51(79-24)85-47-35(65)27(63)21-77-52(47)83-33-11-12-55(4)31(56(33,5)23-62)10-13-58(7)32(55)9-8-25-26-18-54(2,3)14-16-59(26,17-15-57(25,58)6)53(76)86-50-44(74)41(71)38(68)30(82-50)22-78-48-42(72)39(69)36(66)28(19-60)80-48/h8,24,26-52,60-75H,9-23H2,1-7H3/t24-,26+,27-,28+,29+,30+,31-,32-,33+,34-,35+,36+,37+,38+,39-,40-,41-,42+,43+,44+,45-,46+,47-,48+,49-,50-,51+,52+,55-,56-,57+,58-,59+/m1/s1. The van der Waals surface area contributed by atoms with Gasteiger partial charge in [0.2, 0.25) is 6.29 Å². The molecule has 0 bridgehead atoms. The molecule has 5 aliphatic heterocycles. The van der Waals surface area contributed by atoms with E-state index in [1.165, 1.54) is 12.5 Å². The first kappa shape index (κ1) is 67.1. The number of fused-ring (bicyclic) bond motifs is 7. The smallest absolute Gasteiger partial charge is 0.315 e. The minimum atomic E-state index is -1.87. The van der Waals surface area contributed by atoms with Gasteiger partial charge in [0.15, 0.2) is 25.2 Å². The lowest BCUT2D eigenvalue weighted by Gasteiger charge is -2.71. The van der Waals surface area contributed by atoms with Crippen molar-refractivity contribution in [1.82, 2.24) is 0 Å². The average molecular weight is 1240 g/mol. The summed E-state index contributed by atoms with van der Waals surface area (Å²) in [7, 11) is 0. The highest BCUT2D eigenvalue weighted by Gasteiger charge is 2.71. The fourth-order valence-corrected chi connectivity index (χ4v) is 17.6. The summed E-state index contributed by atoms with van der Waals surface area (Å²) in [5, 5.41) is 172. The monoisotopic (exact) mass is 1240 g/mol. The van der Waals surface area contributed by atoms with Gasteiger partial charge in [0.25, 0.3) is 0 Å². The summed E-state index contributed by atoms with van der Waals surface area (Å²) >= 11 is 0. The van der Waals surface area contributed by atoms with Crippen molar-refractivity contribution in [3.05, 3.63) is 11.6 Å². The van der Waals surface area contributed by atoms with E-state index >= 15 is 4.79 Å². The lowest BCUT2D eigenvalue weighted by atomic mass is 9.33. The van der Waals surface area contributed by atoms with Crippen LogP contribution in [0.5, 0.6) is 0 Å². The molecule has 0 aromatic rings. The Morgan fingerprint density at radius 2 is 1.13 bits per heavy atom. The van der Waals surface area contributed by atoms with Crippen molar-refractivity contribution in [1.29, 1.82) is 0 Å². The van der Waals surface area contributed by atoms with Gasteiger partial charge in [0, 0.05) is 5.41 Å². The predicted molar refractivity (Wildman–Crippen MR) is 289 cm³/mol. The van der Waals surface area contributed by atoms with Crippen molar-refractivity contribution >= 4 is 5.97 Å². The van der Waals surface area contributed by atoms with E-state index in [1.807, 2.05) is 6.92 Å². The molecule has 0 unspecified atom stereocenters. The van der Waals surface area contributed by atoms with Gasteiger partial charge in [-0.15, -0.1) is 0 Å². The highest BCUT2D eigenvalue weighted by Crippen LogP contribution is 2.76. The van der Waals surface area contributed by atoms with Gasteiger partial charge in [-0.05, 0) is 111 Å². The van der Waals surface area contributed by atoms with Crippen molar-refractivity contribution in [3.8, 4) is 0 Å². The third kappa shape index (κ3) is 11.2. The largest absolute Gasteiger partial charge is 0.432 e. The first-order valence-electron chi connectivity index (χ1n) is 30.8. The summed E-state index contributed by atoms with van der Waals surface area (Å²) in [4.78, 5) is 15.1. The minimum Gasteiger partial charge on any atom is -0.432 e. The number of aliphatic hydroxyl groups excluding tert-OH is 16. The lowest BCUT2D eigenvalue weighted by molar-refractivity contribution is -0.383. The zero-order valence-corrected chi connectivity index (χ0v) is 50.0. The van der Waals surface area contributed by atoms with E-state index in [0.717, 1.165) is 6.42 Å². The summed E-state index contributed by atoms with van der Waals surface area (Å²) in [5.41, 5.74) is -2.07. The number of ether oxygens (including phenoxy) is 10. The van der Waals surface area contributed by atoms with E-state index in [0.29, 0.717) is 57.8 Å². The molecule has 10 aliphatic rings. The molecule has 5 saturated heterocycles. The molecular formula is C59H96O27. The van der Waals surface area contributed by atoms with Crippen LogP contribution in [0.1, 0.15) is 113 Å². The normalized spacial score (nSPS) is 54.8. The van der Waals surface area contributed by atoms with E-state index in [2.05, 4.69) is 40.7 Å². The van der Waals surface area contributed by atoms with Gasteiger partial charge in [-0.3, -0.25) is 4.79 Å². The van der Waals surface area contributed by atoms with Gasteiger partial charge in [0.05, 0.1) is 50.7 Å². The molecular weight excluding hydrogens is 1140 g/mol. The number of rotatable bonds is 14. The molecule has 0 amide bonds. The fraction of sp³-hybridized carbons (Fsp3) is 0.949. The number of carbonyl (C=O) groups excluding carboxylic acids is 1. The number of hydrogen-bond donors (Lipinski definition) is 16. The van der Waals surface area contributed by atoms with Crippen LogP contribution in [0.4, 0.5) is 0 Å². The SMILES string of the molecule is C[C@H]1O[C@@H](O[C@H]2[C@H](O[C@H]3CC[C@]4(C)[C@@H](CC[C@]5(C)[C@@H]4CC=C4[C@@H]6CC(C)(C)CC[C@]6(C(=O)O[C@H]6O[C@@H](CO[C@H]7O[C@@H](CO)[C@H](O)[C@@H](O)[C@@H]7O)[C@H](O)[C@@H](O)[C@@H]6O)CC[C@@]45C)[C@@]3(C)CO)OC[C@@H](O)[C@@H]2O)[C@H](O)[C@@H](O[C@H]2O[C@@H](CO)[C@H](O)[C@@H](O)[C@@H]2O)[C@@H]1O. The first-order valence-corrected chi connectivity index (χ1v) is 30.8. The zero-order valence-electron chi connectivity index (χ0n) is 50.0. The predicted octanol–water partition coefficient (Wildman–Crippen LogP) is -3.57. The Morgan fingerprint density at radius 3 is 1.77 bits per heavy atom. The minimum absolute atomic E-state index is 0.0885. The molecule has 86 heavy (non-hydrogen) atoms. The third-order valence-corrected chi connectivity index (χ3v) is 23.2. The van der Waals surface area contributed by atoms with Crippen LogP contribution in [0.15, 0.2) is 11.6 Å². The van der Waals surface area contributed by atoms with Crippen molar-refractivity contribution in [2.45, 2.75) is 266 Å². The molecule has 27 heteroatoms. The molecule has 33 atom stereocenters. The van der Waals surface area contributed by atoms with Crippen molar-refractivity contribution < 1.29 is 134 Å². The summed E-state index contributed by atoms with van der Waals surface area (Å²) in [6.07, 6.45) is -31.4. The van der Waals surface area contributed by atoms with Gasteiger partial charge < -0.3 is 129 Å². The Bertz CT molecular complexity index is 2380. The van der Waals surface area contributed by atoms with Crippen molar-refractivity contribution in [3.63, 3.8) is 0 Å². The van der Waals surface area contributed by atoms with E-state index in [1.54, 1.807) is 0 Å². The molecule has 10 rings (SSSR count). The lowest BCUT2D eigenvalue weighted by Crippen LogP contribution is -2.67. The summed E-state index contributed by atoms with van der Waals surface area (Å²) < 4.78 is 59.5. The Balaban J connectivity index is 0.849. The number of carbonyl (C=O) groups is 1. The molecule has 16 N–H and O–H groups in total. The highest BCUT2D eigenvalue weighted by atomic mass is 16.8. The molecule has 0 aromatic heterocycles. The second kappa shape index (κ2) is 24.9. The average Bonchev–Trinajstić information content (AvgIpc) is 0.689. The second-order valence-electron chi connectivity index (χ2n) is 28.5. The van der Waals surface area contributed by atoms with Crippen LogP contribution in [0.2, 0.25) is 0 Å². The van der Waals surface area contributed by atoms with Crippen LogP contribution < -0.4 is 0 Å². The molecule has 0 spiro atoms. The van der Waals surface area contributed by atoms with Crippen molar-refractivity contribution in [2.24, 2.45) is 50.2 Å². The van der Waals surface area contributed by atoms with Gasteiger partial charge in [-0.25, -0.2) is 0 Å². The fourth-order valence-electron chi connectivity index (χ4n) is 17.6. The van der Waals surface area contributed by atoms with Gasteiger partial charge in [-0.1, -0.05) is 53.2 Å². The number of hydrogen-bond acceptors (Lipinski definition) is 27. The Labute approximate surface area is 499 Å². The third-order valence-electron chi connectivity index (χ3n) is 23.2. The van der Waals surface area contributed by atoms with Crippen LogP contribution in [-0.4, -0.2) is 274 Å². The Kier molecular flexibility index (Phi) is 19.4. The van der Waals surface area contributed by atoms with Crippen LogP contribution in [-0.2, 0) is 52.2 Å². The molecule has 4 saturated carbocycles. The van der Waals surface area contributed by atoms with Crippen molar-refractivity contribution in [2.75, 3.05) is 33.0 Å². The topological polar surface area (TPSA) is 433 Å². The summed E-state index contributed by atoms with van der Waals surface area (Å²) in [5.74, 6) is -0.929. The van der Waals surface area contributed by atoms with Gasteiger partial charge in [0.1, 0.15) is 110 Å². The Morgan fingerprint density at radius 1 is 0.558 bits per heavy atom. The van der Waals surface area contributed by atoms with E-state index in [4.69, 9.17) is 47.4 Å². The quantitative estimate of drug-likeness (QED) is 0.0454. The Hall–Kier alpha value is -1.79. The van der Waals surface area contributed by atoms with Crippen LogP contribution >= 0.6 is 0 Å². The second-order valence-corrected chi connectivity index (χ2v) is 28.5. The maximum absolute atomic E-state index is 15.1. The summed E-state index contributed by atoms with van der Waals surface area (Å²) in [6, 6.07) is 0. The van der Waals surface area contributed by atoms with Crippen LogP contribution in [0.3, 0.4) is 0 Å². The molecule has 9 fully saturated rings. The molecule has 0 radical (unpaired) electrons.